The predicted octanol–water partition coefficient (Wildman–Crippen LogP) is 1.49. The summed E-state index contributed by atoms with van der Waals surface area (Å²) in [5.41, 5.74) is 1.54. The second-order valence-corrected chi connectivity index (χ2v) is 5.92. The minimum Gasteiger partial charge on any atom is -0.496 e. The zero-order valence-electron chi connectivity index (χ0n) is 14.4. The predicted molar refractivity (Wildman–Crippen MR) is 89.7 cm³/mol. The van der Waals surface area contributed by atoms with E-state index in [0.29, 0.717) is 41.7 Å². The van der Waals surface area contributed by atoms with Crippen LogP contribution in [0.25, 0.3) is 0 Å². The van der Waals surface area contributed by atoms with Crippen LogP contribution < -0.4 is 14.8 Å². The van der Waals surface area contributed by atoms with Crippen molar-refractivity contribution in [1.82, 2.24) is 10.1 Å². The van der Waals surface area contributed by atoms with Crippen molar-refractivity contribution >= 4 is 11.7 Å². The molecule has 134 valence electrons. The van der Waals surface area contributed by atoms with E-state index >= 15 is 0 Å². The molecule has 2 aromatic rings. The second-order valence-electron chi connectivity index (χ2n) is 5.92. The van der Waals surface area contributed by atoms with Crippen molar-refractivity contribution in [2.45, 2.75) is 19.6 Å². The molecule has 0 saturated heterocycles. The first-order chi connectivity index (χ1) is 12.0. The Labute approximate surface area is 145 Å². The van der Waals surface area contributed by atoms with Crippen LogP contribution in [0.5, 0.6) is 11.5 Å². The van der Waals surface area contributed by atoms with Crippen LogP contribution in [0.3, 0.4) is 0 Å². The summed E-state index contributed by atoms with van der Waals surface area (Å²) in [5, 5.41) is 16.9. The van der Waals surface area contributed by atoms with Gasteiger partial charge in [0, 0.05) is 30.3 Å². The van der Waals surface area contributed by atoms with Gasteiger partial charge in [0.1, 0.15) is 17.3 Å². The molecule has 0 radical (unpaired) electrons. The summed E-state index contributed by atoms with van der Waals surface area (Å²) in [5.74, 6) is 2.04. The van der Waals surface area contributed by atoms with Gasteiger partial charge in [-0.1, -0.05) is 5.16 Å². The number of rotatable bonds is 5. The second kappa shape index (κ2) is 7.12. The molecule has 0 saturated carbocycles. The lowest BCUT2D eigenvalue weighted by Gasteiger charge is -2.33. The summed E-state index contributed by atoms with van der Waals surface area (Å²) in [6, 6.07) is 5.22. The van der Waals surface area contributed by atoms with E-state index in [9.17, 15) is 9.90 Å². The van der Waals surface area contributed by atoms with Gasteiger partial charge in [-0.15, -0.1) is 0 Å². The van der Waals surface area contributed by atoms with E-state index < -0.39 is 6.10 Å². The molecule has 1 atom stereocenters. The molecule has 8 heteroatoms. The van der Waals surface area contributed by atoms with E-state index in [-0.39, 0.29) is 12.5 Å². The van der Waals surface area contributed by atoms with Crippen LogP contribution in [0, 0.1) is 6.92 Å². The van der Waals surface area contributed by atoms with Crippen LogP contribution in [-0.4, -0.2) is 48.4 Å². The number of nitrogens with zero attached hydrogens (tertiary/aromatic N) is 2. The van der Waals surface area contributed by atoms with Gasteiger partial charge in [0.05, 0.1) is 26.9 Å². The number of amides is 1. The first-order valence-electron chi connectivity index (χ1n) is 7.89. The largest absolute Gasteiger partial charge is 0.496 e. The number of methoxy groups -OCH3 is 2. The van der Waals surface area contributed by atoms with E-state index in [1.165, 1.54) is 0 Å². The highest BCUT2D eigenvalue weighted by atomic mass is 16.5. The van der Waals surface area contributed by atoms with Crippen molar-refractivity contribution in [2.75, 3.05) is 32.6 Å². The van der Waals surface area contributed by atoms with Crippen LogP contribution in [0.1, 0.15) is 23.0 Å². The minimum absolute atomic E-state index is 0.114. The van der Waals surface area contributed by atoms with E-state index in [1.54, 1.807) is 39.3 Å². The highest BCUT2D eigenvalue weighted by Gasteiger charge is 2.30. The average molecular weight is 347 g/mol. The number of anilines is 1. The summed E-state index contributed by atoms with van der Waals surface area (Å²) in [4.78, 5) is 14.1. The number of aromatic nitrogens is 1. The summed E-state index contributed by atoms with van der Waals surface area (Å²) >= 11 is 0. The van der Waals surface area contributed by atoms with Crippen LogP contribution in [-0.2, 0) is 11.3 Å². The number of aryl methyl sites for hydroxylation is 1. The van der Waals surface area contributed by atoms with Gasteiger partial charge in [-0.05, 0) is 19.1 Å². The van der Waals surface area contributed by atoms with Gasteiger partial charge in [-0.25, -0.2) is 0 Å². The van der Waals surface area contributed by atoms with Crippen LogP contribution in [0.2, 0.25) is 0 Å². The lowest BCUT2D eigenvalue weighted by atomic mass is 9.95. The molecule has 1 aromatic heterocycles. The maximum absolute atomic E-state index is 12.2. The van der Waals surface area contributed by atoms with E-state index in [2.05, 4.69) is 10.5 Å². The van der Waals surface area contributed by atoms with Gasteiger partial charge in [0.25, 0.3) is 0 Å². The first-order valence-corrected chi connectivity index (χ1v) is 7.89. The molecule has 0 spiro atoms. The van der Waals surface area contributed by atoms with Gasteiger partial charge in [0.15, 0.2) is 5.82 Å². The van der Waals surface area contributed by atoms with Crippen LogP contribution in [0.15, 0.2) is 22.7 Å². The number of aliphatic hydroxyl groups is 1. The number of carbonyl (C=O) groups excluding carboxylic acids is 1. The summed E-state index contributed by atoms with van der Waals surface area (Å²) < 4.78 is 15.7. The quantitative estimate of drug-likeness (QED) is 0.846. The third-order valence-corrected chi connectivity index (χ3v) is 4.12. The molecule has 0 bridgehead atoms. The van der Waals surface area contributed by atoms with Gasteiger partial charge in [0.2, 0.25) is 5.91 Å². The fraction of sp³-hybridized carbons (Fsp3) is 0.412. The number of benzene rings is 1. The summed E-state index contributed by atoms with van der Waals surface area (Å²) in [6.45, 7) is 2.66. The molecule has 25 heavy (non-hydrogen) atoms. The number of nitrogens with one attached hydrogen (secondary N) is 1. The SMILES string of the molecule is COc1ccc(OC)c2c1CN(CC(=O)Nc1cc(C)on1)C[C@H]2O. The molecule has 1 amide bonds. The van der Waals surface area contributed by atoms with Crippen molar-refractivity contribution in [3.63, 3.8) is 0 Å². The van der Waals surface area contributed by atoms with E-state index in [1.807, 2.05) is 4.90 Å². The third kappa shape index (κ3) is 3.59. The number of ether oxygens (including phenoxy) is 2. The third-order valence-electron chi connectivity index (χ3n) is 4.12. The molecular formula is C17H21N3O5. The maximum atomic E-state index is 12.2. The van der Waals surface area contributed by atoms with Crippen molar-refractivity contribution < 1.29 is 23.9 Å². The Morgan fingerprint density at radius 3 is 2.76 bits per heavy atom. The Bertz CT molecular complexity index is 774. The van der Waals surface area contributed by atoms with Gasteiger partial charge >= 0.3 is 0 Å². The van der Waals surface area contributed by atoms with Gasteiger partial charge in [-0.3, -0.25) is 9.69 Å². The monoisotopic (exact) mass is 347 g/mol. The zero-order chi connectivity index (χ0) is 18.0. The van der Waals surface area contributed by atoms with Crippen molar-refractivity contribution in [2.24, 2.45) is 0 Å². The number of β-amino-alcohol motifs (C(OH)–C–C–N with tert-alkyl or cyclic N) is 1. The van der Waals surface area contributed by atoms with Crippen molar-refractivity contribution in [3.8, 4) is 11.5 Å². The minimum atomic E-state index is -0.768. The lowest BCUT2D eigenvalue weighted by Crippen LogP contribution is -2.39. The molecule has 8 nitrogen and oxygen atoms in total. The number of hydrogen-bond acceptors (Lipinski definition) is 7. The molecule has 1 aliphatic heterocycles. The Balaban J connectivity index is 1.75. The molecule has 0 fully saturated rings. The standard InChI is InChI=1S/C17H21N3O5/c1-10-6-15(19-25-10)18-16(22)9-20-7-11-13(23-2)4-5-14(24-3)17(11)12(21)8-20/h4-6,12,21H,7-9H2,1-3H3,(H,18,19,22)/t12-/m1/s1. The Morgan fingerprint density at radius 1 is 1.40 bits per heavy atom. The lowest BCUT2D eigenvalue weighted by molar-refractivity contribution is -0.118. The maximum Gasteiger partial charge on any atom is 0.239 e. The molecule has 1 aliphatic rings. The highest BCUT2D eigenvalue weighted by Crippen LogP contribution is 2.39. The molecule has 0 unspecified atom stereocenters. The summed E-state index contributed by atoms with van der Waals surface area (Å²) in [6.07, 6.45) is -0.768. The molecule has 3 rings (SSSR count). The smallest absolute Gasteiger partial charge is 0.239 e. The fourth-order valence-corrected chi connectivity index (χ4v) is 3.08. The fourth-order valence-electron chi connectivity index (χ4n) is 3.08. The van der Waals surface area contributed by atoms with Crippen molar-refractivity contribution in [1.29, 1.82) is 0 Å². The number of hydrogen-bond donors (Lipinski definition) is 2. The Morgan fingerprint density at radius 2 is 2.12 bits per heavy atom. The van der Waals surface area contributed by atoms with Gasteiger partial charge < -0.3 is 24.4 Å². The molecule has 2 heterocycles. The summed E-state index contributed by atoms with van der Waals surface area (Å²) in [7, 11) is 3.14. The Hall–Kier alpha value is -2.58. The topological polar surface area (TPSA) is 97.1 Å². The van der Waals surface area contributed by atoms with E-state index in [0.717, 1.165) is 5.56 Å². The van der Waals surface area contributed by atoms with Crippen LogP contribution in [0.4, 0.5) is 5.82 Å². The van der Waals surface area contributed by atoms with Gasteiger partial charge in [-0.2, -0.15) is 0 Å². The first kappa shape index (κ1) is 17.2. The number of aliphatic hydroxyl groups excluding tert-OH is 1. The molecular weight excluding hydrogens is 326 g/mol. The number of fused-ring (bicyclic) bond motifs is 1. The number of carbonyl (C=O) groups is 1. The normalized spacial score (nSPS) is 17.0. The molecule has 0 aliphatic carbocycles. The van der Waals surface area contributed by atoms with E-state index in [4.69, 9.17) is 14.0 Å². The molecule has 1 aromatic carbocycles. The zero-order valence-corrected chi connectivity index (χ0v) is 14.4. The average Bonchev–Trinajstić information content (AvgIpc) is 2.98. The molecule has 2 N–H and O–H groups in total. The van der Waals surface area contributed by atoms with Crippen LogP contribution >= 0.6 is 0 Å². The van der Waals surface area contributed by atoms with Crippen molar-refractivity contribution in [3.05, 3.63) is 35.1 Å². The highest BCUT2D eigenvalue weighted by molar-refractivity contribution is 5.91. The Kier molecular flexibility index (Phi) is 4.91.